The largest absolute Gasteiger partial charge is 0.272 e. The molecule has 0 atom stereocenters. The average molecular weight is 344 g/mol. The maximum absolute atomic E-state index is 13.8. The summed E-state index contributed by atoms with van der Waals surface area (Å²) in [5, 5.41) is 4.37. The minimum absolute atomic E-state index is 0.0653. The van der Waals surface area contributed by atoms with E-state index < -0.39 is 15.7 Å². The van der Waals surface area contributed by atoms with Gasteiger partial charge < -0.3 is 0 Å². The van der Waals surface area contributed by atoms with Crippen molar-refractivity contribution in [3.63, 3.8) is 0 Å². The van der Waals surface area contributed by atoms with Crippen LogP contribution >= 0.6 is 0 Å². The van der Waals surface area contributed by atoms with Crippen molar-refractivity contribution >= 4 is 9.84 Å². The van der Waals surface area contributed by atoms with Crippen LogP contribution in [-0.2, 0) is 16.9 Å². The highest BCUT2D eigenvalue weighted by atomic mass is 32.2. The Morgan fingerprint density at radius 2 is 1.62 bits per heavy atom. The molecule has 3 aromatic rings. The smallest absolute Gasteiger partial charge is 0.209 e. The molecule has 4 nitrogen and oxygen atoms in total. The molecule has 0 aliphatic rings. The lowest BCUT2D eigenvalue weighted by molar-refractivity contribution is 0.567. The van der Waals surface area contributed by atoms with E-state index in [9.17, 15) is 12.8 Å². The lowest BCUT2D eigenvalue weighted by Crippen LogP contribution is -2.04. The molecule has 6 heteroatoms. The first-order chi connectivity index (χ1) is 11.3. The highest BCUT2D eigenvalue weighted by molar-refractivity contribution is 7.91. The van der Waals surface area contributed by atoms with E-state index in [2.05, 4.69) is 5.10 Å². The number of benzene rings is 2. The van der Waals surface area contributed by atoms with Crippen LogP contribution in [0.3, 0.4) is 0 Å². The van der Waals surface area contributed by atoms with E-state index in [1.807, 2.05) is 20.9 Å². The van der Waals surface area contributed by atoms with Crippen molar-refractivity contribution in [2.75, 3.05) is 0 Å². The molecule has 0 aliphatic carbocycles. The molecule has 1 heterocycles. The number of aryl methyl sites for hydroxylation is 2. The second-order valence-electron chi connectivity index (χ2n) is 5.63. The van der Waals surface area contributed by atoms with Crippen LogP contribution in [-0.4, -0.2) is 18.2 Å². The molecule has 0 radical (unpaired) electrons. The molecule has 2 aromatic carbocycles. The van der Waals surface area contributed by atoms with E-state index in [1.54, 1.807) is 16.8 Å². The van der Waals surface area contributed by atoms with Gasteiger partial charge >= 0.3 is 0 Å². The minimum atomic E-state index is -3.88. The minimum Gasteiger partial charge on any atom is -0.272 e. The predicted molar refractivity (Wildman–Crippen MR) is 90.0 cm³/mol. The highest BCUT2D eigenvalue weighted by Crippen LogP contribution is 2.29. The van der Waals surface area contributed by atoms with Gasteiger partial charge in [-0.1, -0.05) is 24.3 Å². The summed E-state index contributed by atoms with van der Waals surface area (Å²) in [5.41, 5.74) is 3.73. The summed E-state index contributed by atoms with van der Waals surface area (Å²) >= 11 is 0. The molecule has 3 rings (SSSR count). The predicted octanol–water partition coefficient (Wildman–Crippen LogP) is 3.68. The zero-order valence-corrected chi connectivity index (χ0v) is 14.4. The Morgan fingerprint density at radius 3 is 2.17 bits per heavy atom. The molecule has 0 aliphatic heterocycles. The zero-order valence-electron chi connectivity index (χ0n) is 13.6. The molecule has 0 N–H and O–H groups in total. The Bertz CT molecular complexity index is 1010. The Labute approximate surface area is 140 Å². The van der Waals surface area contributed by atoms with Gasteiger partial charge in [0.15, 0.2) is 0 Å². The highest BCUT2D eigenvalue weighted by Gasteiger charge is 2.21. The summed E-state index contributed by atoms with van der Waals surface area (Å²) in [5.74, 6) is -0.750. The second kappa shape index (κ2) is 5.87. The summed E-state index contributed by atoms with van der Waals surface area (Å²) in [4.78, 5) is -0.248. The lowest BCUT2D eigenvalue weighted by Gasteiger charge is -2.07. The molecular formula is C18H17FN2O2S. The van der Waals surface area contributed by atoms with E-state index in [-0.39, 0.29) is 9.79 Å². The number of rotatable bonds is 3. The van der Waals surface area contributed by atoms with Crippen LogP contribution in [0.25, 0.3) is 11.1 Å². The molecule has 0 fully saturated rings. The van der Waals surface area contributed by atoms with Crippen molar-refractivity contribution in [3.8, 4) is 11.1 Å². The Morgan fingerprint density at radius 1 is 1.00 bits per heavy atom. The summed E-state index contributed by atoms with van der Waals surface area (Å²) in [6.07, 6.45) is 0. The van der Waals surface area contributed by atoms with Crippen LogP contribution in [0.15, 0.2) is 58.3 Å². The molecule has 124 valence electrons. The SMILES string of the molecule is Cc1nn(C)c(C)c1-c1ccc(S(=O)(=O)c2ccccc2F)cc1. The van der Waals surface area contributed by atoms with Crippen molar-refractivity contribution in [1.29, 1.82) is 0 Å². The van der Waals surface area contributed by atoms with Crippen molar-refractivity contribution in [1.82, 2.24) is 9.78 Å². The van der Waals surface area contributed by atoms with Gasteiger partial charge in [0.05, 0.1) is 10.6 Å². The van der Waals surface area contributed by atoms with Gasteiger partial charge in [0, 0.05) is 18.3 Å². The average Bonchev–Trinajstić information content (AvgIpc) is 2.80. The van der Waals surface area contributed by atoms with E-state index in [0.717, 1.165) is 28.6 Å². The van der Waals surface area contributed by atoms with E-state index in [4.69, 9.17) is 0 Å². The first kappa shape index (κ1) is 16.4. The molecule has 0 amide bonds. The molecule has 0 saturated heterocycles. The summed E-state index contributed by atoms with van der Waals surface area (Å²) < 4.78 is 40.8. The van der Waals surface area contributed by atoms with E-state index in [1.165, 1.54) is 30.3 Å². The summed E-state index contributed by atoms with van der Waals surface area (Å²) in [7, 11) is -2.02. The van der Waals surface area contributed by atoms with E-state index in [0.29, 0.717) is 0 Å². The number of aromatic nitrogens is 2. The fraction of sp³-hybridized carbons (Fsp3) is 0.167. The standard InChI is InChI=1S/C18H17FN2O2S/c1-12-18(13(2)21(3)20-12)14-8-10-15(11-9-14)24(22,23)17-7-5-4-6-16(17)19/h4-11H,1-3H3. The monoisotopic (exact) mass is 344 g/mol. The fourth-order valence-corrected chi connectivity index (χ4v) is 4.11. The molecule has 0 saturated carbocycles. The molecular weight excluding hydrogens is 327 g/mol. The number of hydrogen-bond acceptors (Lipinski definition) is 3. The quantitative estimate of drug-likeness (QED) is 0.728. The van der Waals surface area contributed by atoms with Crippen LogP contribution in [0.4, 0.5) is 4.39 Å². The number of nitrogens with zero attached hydrogens (tertiary/aromatic N) is 2. The number of sulfone groups is 1. The molecule has 0 unspecified atom stereocenters. The second-order valence-corrected chi connectivity index (χ2v) is 7.55. The third kappa shape index (κ3) is 2.63. The van der Waals surface area contributed by atoms with Crippen LogP contribution in [0.1, 0.15) is 11.4 Å². The van der Waals surface area contributed by atoms with Gasteiger partial charge in [-0.25, -0.2) is 12.8 Å². The van der Waals surface area contributed by atoms with Crippen molar-refractivity contribution in [2.45, 2.75) is 23.6 Å². The summed E-state index contributed by atoms with van der Waals surface area (Å²) in [6, 6.07) is 11.8. The topological polar surface area (TPSA) is 52.0 Å². The first-order valence-corrected chi connectivity index (χ1v) is 8.91. The third-order valence-corrected chi connectivity index (χ3v) is 5.89. The zero-order chi connectivity index (χ0) is 17.5. The van der Waals surface area contributed by atoms with Crippen LogP contribution in [0.5, 0.6) is 0 Å². The van der Waals surface area contributed by atoms with Gasteiger partial charge in [-0.2, -0.15) is 5.10 Å². The van der Waals surface area contributed by atoms with Crippen LogP contribution < -0.4 is 0 Å². The first-order valence-electron chi connectivity index (χ1n) is 7.42. The molecule has 1 aromatic heterocycles. The van der Waals surface area contributed by atoms with Gasteiger partial charge in [-0.15, -0.1) is 0 Å². The fourth-order valence-electron chi connectivity index (χ4n) is 2.78. The Hall–Kier alpha value is -2.47. The number of hydrogen-bond donors (Lipinski definition) is 0. The van der Waals surface area contributed by atoms with Gasteiger partial charge in [0.1, 0.15) is 10.7 Å². The van der Waals surface area contributed by atoms with Crippen LogP contribution in [0, 0.1) is 19.7 Å². The number of halogens is 1. The maximum Gasteiger partial charge on any atom is 0.209 e. The van der Waals surface area contributed by atoms with Gasteiger partial charge in [0.25, 0.3) is 0 Å². The Balaban J connectivity index is 2.06. The maximum atomic E-state index is 13.8. The lowest BCUT2D eigenvalue weighted by atomic mass is 10.0. The van der Waals surface area contributed by atoms with Gasteiger partial charge in [-0.3, -0.25) is 4.68 Å². The molecule has 0 spiro atoms. The summed E-state index contributed by atoms with van der Waals surface area (Å²) in [6.45, 7) is 3.87. The normalized spacial score (nSPS) is 11.7. The molecule has 0 bridgehead atoms. The van der Waals surface area contributed by atoms with Crippen molar-refractivity contribution < 1.29 is 12.8 Å². The van der Waals surface area contributed by atoms with Crippen molar-refractivity contribution in [3.05, 3.63) is 65.7 Å². The van der Waals surface area contributed by atoms with E-state index >= 15 is 0 Å². The third-order valence-electron chi connectivity index (χ3n) is 4.09. The van der Waals surface area contributed by atoms with Crippen LogP contribution in [0.2, 0.25) is 0 Å². The van der Waals surface area contributed by atoms with Gasteiger partial charge in [0.2, 0.25) is 9.84 Å². The van der Waals surface area contributed by atoms with Crippen molar-refractivity contribution in [2.24, 2.45) is 7.05 Å². The van der Waals surface area contributed by atoms with Gasteiger partial charge in [-0.05, 0) is 43.7 Å². The Kier molecular flexibility index (Phi) is 4.01. The molecule has 24 heavy (non-hydrogen) atoms.